The van der Waals surface area contributed by atoms with Gasteiger partial charge in [-0.25, -0.2) is 9.78 Å². The second-order valence-corrected chi connectivity index (χ2v) is 13.3. The van der Waals surface area contributed by atoms with E-state index in [-0.39, 0.29) is 11.5 Å². The molecular weight excluding hydrogens is 484 g/mol. The van der Waals surface area contributed by atoms with Gasteiger partial charge in [0.2, 0.25) is 0 Å². The highest BCUT2D eigenvalue weighted by Crippen LogP contribution is 2.46. The summed E-state index contributed by atoms with van der Waals surface area (Å²) in [5.41, 5.74) is 4.74. The fourth-order valence-electron chi connectivity index (χ4n) is 7.92. The molecule has 2 aliphatic heterocycles. The fourth-order valence-corrected chi connectivity index (χ4v) is 7.92. The van der Waals surface area contributed by atoms with Crippen molar-refractivity contribution in [1.82, 2.24) is 19.4 Å². The largest absolute Gasteiger partial charge is 0.444 e. The lowest BCUT2D eigenvalue weighted by Gasteiger charge is -2.42. The molecule has 6 heteroatoms. The van der Waals surface area contributed by atoms with Crippen molar-refractivity contribution in [2.24, 2.45) is 0 Å². The lowest BCUT2D eigenvalue weighted by Crippen LogP contribution is -2.48. The minimum atomic E-state index is -0.492. The van der Waals surface area contributed by atoms with Gasteiger partial charge in [-0.15, -0.1) is 0 Å². The van der Waals surface area contributed by atoms with Crippen molar-refractivity contribution in [3.05, 3.63) is 65.5 Å². The molecular formula is C33H44N4O2. The van der Waals surface area contributed by atoms with Gasteiger partial charge in [0, 0.05) is 37.1 Å². The second kappa shape index (κ2) is 9.96. The monoisotopic (exact) mass is 528 g/mol. The summed E-state index contributed by atoms with van der Waals surface area (Å²) in [6.45, 7) is 9.76. The van der Waals surface area contributed by atoms with E-state index in [9.17, 15) is 4.79 Å². The minimum absolute atomic E-state index is 0.0321. The Labute approximate surface area is 233 Å². The molecule has 1 aliphatic carbocycles. The van der Waals surface area contributed by atoms with Crippen LogP contribution in [-0.4, -0.2) is 63.3 Å². The number of carbonyl (C=O) groups excluding carboxylic acids is 1. The van der Waals surface area contributed by atoms with Crippen LogP contribution in [-0.2, 0) is 16.6 Å². The molecule has 2 aromatic carbocycles. The van der Waals surface area contributed by atoms with E-state index >= 15 is 0 Å². The molecule has 1 unspecified atom stereocenters. The Morgan fingerprint density at radius 3 is 2.49 bits per heavy atom. The number of aryl methyl sites for hydroxylation is 2. The molecule has 6 rings (SSSR count). The number of rotatable bonds is 6. The third-order valence-corrected chi connectivity index (χ3v) is 9.55. The number of carbonyl (C=O) groups is 1. The fraction of sp³-hybridized carbons (Fsp3) is 0.576. The van der Waals surface area contributed by atoms with E-state index in [1.165, 1.54) is 42.3 Å². The van der Waals surface area contributed by atoms with Crippen LogP contribution in [0, 0.1) is 6.92 Å². The molecule has 3 aromatic rings. The first-order valence-corrected chi connectivity index (χ1v) is 14.9. The Morgan fingerprint density at radius 2 is 1.74 bits per heavy atom. The normalized spacial score (nSPS) is 26.6. The zero-order valence-corrected chi connectivity index (χ0v) is 24.3. The number of likely N-dealkylation sites (N-methyl/N-ethyl adjacent to an activating group) is 1. The summed E-state index contributed by atoms with van der Waals surface area (Å²) >= 11 is 0. The Bertz CT molecular complexity index is 1340. The van der Waals surface area contributed by atoms with Crippen molar-refractivity contribution < 1.29 is 9.53 Å². The quantitative estimate of drug-likeness (QED) is 0.359. The standard InChI is InChI=1S/C33H44N4O2/c1-23-34-29-12-8-9-13-30(29)37(23)27-20-25-14-15-26(21-27)36(25)19-18-33(17-16-24-10-6-7-11-28(24)33)22-35(5)31(38)39-32(2,3)4/h6-13,25-27H,14-22H2,1-5H3/t25-,26+,27+,33?. The number of hydrogen-bond acceptors (Lipinski definition) is 4. The zero-order chi connectivity index (χ0) is 27.4. The van der Waals surface area contributed by atoms with E-state index in [1.807, 2.05) is 32.7 Å². The van der Waals surface area contributed by atoms with E-state index in [0.717, 1.165) is 37.1 Å². The summed E-state index contributed by atoms with van der Waals surface area (Å²) in [5, 5.41) is 0. The molecule has 3 heterocycles. The van der Waals surface area contributed by atoms with Crippen LogP contribution in [0.1, 0.15) is 82.3 Å². The van der Waals surface area contributed by atoms with Crippen LogP contribution in [0.2, 0.25) is 0 Å². The third-order valence-electron chi connectivity index (χ3n) is 9.55. The number of benzene rings is 2. The number of nitrogens with zero attached hydrogens (tertiary/aromatic N) is 4. The first-order chi connectivity index (χ1) is 18.6. The zero-order valence-electron chi connectivity index (χ0n) is 24.3. The topological polar surface area (TPSA) is 50.6 Å². The first-order valence-electron chi connectivity index (χ1n) is 14.9. The van der Waals surface area contributed by atoms with Gasteiger partial charge in [0.15, 0.2) is 0 Å². The minimum Gasteiger partial charge on any atom is -0.444 e. The average molecular weight is 529 g/mol. The van der Waals surface area contributed by atoms with Gasteiger partial charge >= 0.3 is 6.09 Å². The summed E-state index contributed by atoms with van der Waals surface area (Å²) in [4.78, 5) is 22.5. The van der Waals surface area contributed by atoms with E-state index in [0.29, 0.717) is 24.7 Å². The number of para-hydroxylation sites is 2. The lowest BCUT2D eigenvalue weighted by molar-refractivity contribution is 0.0241. The highest BCUT2D eigenvalue weighted by Gasteiger charge is 2.45. The molecule has 0 saturated carbocycles. The summed E-state index contributed by atoms with van der Waals surface area (Å²) in [7, 11) is 1.91. The van der Waals surface area contributed by atoms with Crippen LogP contribution in [0.4, 0.5) is 4.79 Å². The van der Waals surface area contributed by atoms with Crippen LogP contribution in [0.15, 0.2) is 48.5 Å². The number of aromatic nitrogens is 2. The van der Waals surface area contributed by atoms with Crippen molar-refractivity contribution in [1.29, 1.82) is 0 Å². The van der Waals surface area contributed by atoms with Crippen molar-refractivity contribution in [2.45, 2.75) is 102 Å². The van der Waals surface area contributed by atoms with Gasteiger partial charge in [-0.3, -0.25) is 4.90 Å². The summed E-state index contributed by atoms with van der Waals surface area (Å²) in [5.74, 6) is 1.14. The number of imidazole rings is 1. The number of hydrogen-bond donors (Lipinski definition) is 0. The van der Waals surface area contributed by atoms with Gasteiger partial charge in [0.05, 0.1) is 11.0 Å². The van der Waals surface area contributed by atoms with Crippen molar-refractivity contribution in [2.75, 3.05) is 20.1 Å². The van der Waals surface area contributed by atoms with Gasteiger partial charge in [0.1, 0.15) is 11.4 Å². The molecule has 6 nitrogen and oxygen atoms in total. The third kappa shape index (κ3) is 4.97. The van der Waals surface area contributed by atoms with Crippen molar-refractivity contribution in [3.8, 4) is 0 Å². The van der Waals surface area contributed by atoms with Crippen LogP contribution < -0.4 is 0 Å². The smallest absolute Gasteiger partial charge is 0.410 e. The van der Waals surface area contributed by atoms with Gasteiger partial charge < -0.3 is 14.2 Å². The molecule has 0 N–H and O–H groups in total. The average Bonchev–Trinajstić information content (AvgIpc) is 3.50. The number of fused-ring (bicyclic) bond motifs is 4. The number of amides is 1. The molecule has 39 heavy (non-hydrogen) atoms. The van der Waals surface area contributed by atoms with Gasteiger partial charge in [-0.05, 0) is 102 Å². The molecule has 2 fully saturated rings. The maximum Gasteiger partial charge on any atom is 0.410 e. The molecule has 0 radical (unpaired) electrons. The van der Waals surface area contributed by atoms with Crippen LogP contribution in [0.3, 0.4) is 0 Å². The molecule has 2 bridgehead atoms. The molecule has 1 amide bonds. The van der Waals surface area contributed by atoms with Crippen molar-refractivity contribution >= 4 is 17.1 Å². The first kappa shape index (κ1) is 26.4. The van der Waals surface area contributed by atoms with Crippen LogP contribution in [0.5, 0.6) is 0 Å². The predicted molar refractivity (Wildman–Crippen MR) is 156 cm³/mol. The molecule has 3 aliphatic rings. The Balaban J connectivity index is 1.20. The number of piperidine rings is 1. The predicted octanol–water partition coefficient (Wildman–Crippen LogP) is 6.65. The molecule has 2 saturated heterocycles. The van der Waals surface area contributed by atoms with Crippen LogP contribution in [0.25, 0.3) is 11.0 Å². The molecule has 0 spiro atoms. The van der Waals surface area contributed by atoms with Gasteiger partial charge in [-0.2, -0.15) is 0 Å². The maximum atomic E-state index is 13.0. The SMILES string of the molecule is Cc1nc2ccccc2n1[C@H]1C[C@H]2CC[C@@H](C1)N2CCC1(CN(C)C(=O)OC(C)(C)C)CCc2ccccc21. The van der Waals surface area contributed by atoms with E-state index in [1.54, 1.807) is 0 Å². The molecule has 1 aromatic heterocycles. The lowest BCUT2D eigenvalue weighted by atomic mass is 9.77. The Kier molecular flexibility index (Phi) is 6.73. The number of ether oxygens (including phenoxy) is 1. The van der Waals surface area contributed by atoms with E-state index in [2.05, 4.69) is 64.9 Å². The maximum absolute atomic E-state index is 13.0. The van der Waals surface area contributed by atoms with E-state index < -0.39 is 5.60 Å². The Morgan fingerprint density at radius 1 is 1.05 bits per heavy atom. The van der Waals surface area contributed by atoms with E-state index in [4.69, 9.17) is 9.72 Å². The summed E-state index contributed by atoms with van der Waals surface area (Å²) < 4.78 is 8.25. The highest BCUT2D eigenvalue weighted by molar-refractivity contribution is 5.76. The molecule has 4 atom stereocenters. The summed E-state index contributed by atoms with van der Waals surface area (Å²) in [6, 6.07) is 19.2. The highest BCUT2D eigenvalue weighted by atomic mass is 16.6. The Hall–Kier alpha value is -2.86. The second-order valence-electron chi connectivity index (χ2n) is 13.3. The molecule has 208 valence electrons. The summed E-state index contributed by atoms with van der Waals surface area (Å²) in [6.07, 6.45) is 7.98. The van der Waals surface area contributed by atoms with Crippen LogP contribution >= 0.6 is 0 Å². The van der Waals surface area contributed by atoms with Crippen molar-refractivity contribution in [3.63, 3.8) is 0 Å². The van der Waals surface area contributed by atoms with Gasteiger partial charge in [-0.1, -0.05) is 36.4 Å². The van der Waals surface area contributed by atoms with Gasteiger partial charge in [0.25, 0.3) is 0 Å².